The molecule has 0 rings (SSSR count). The van der Waals surface area contributed by atoms with E-state index in [2.05, 4.69) is 25.3 Å². The number of aliphatic carboxylic acids is 2. The molecule has 0 bridgehead atoms. The zero-order chi connectivity index (χ0) is 19.3. The van der Waals surface area contributed by atoms with Crippen LogP contribution in [0.25, 0.3) is 0 Å². The van der Waals surface area contributed by atoms with Crippen LogP contribution in [0.1, 0.15) is 27.7 Å². The highest BCUT2D eigenvalue weighted by Crippen LogP contribution is 1.99. The quantitative estimate of drug-likeness (QED) is 0.249. The van der Waals surface area contributed by atoms with Gasteiger partial charge < -0.3 is 25.2 Å². The Morgan fingerprint density at radius 1 is 0.826 bits per heavy atom. The van der Waals surface area contributed by atoms with Crippen LogP contribution in [-0.2, 0) is 14.3 Å². The molecule has 138 valence electrons. The number of hydrogen-bond acceptors (Lipinski definition) is 7. The van der Waals surface area contributed by atoms with Crippen LogP contribution >= 0.6 is 25.3 Å². The van der Waals surface area contributed by atoms with Gasteiger partial charge in [-0.15, -0.1) is 0 Å². The monoisotopic (exact) mass is 372 g/mol. The Bertz CT molecular complexity index is 310. The van der Waals surface area contributed by atoms with E-state index >= 15 is 0 Å². The van der Waals surface area contributed by atoms with E-state index in [9.17, 15) is 9.59 Å². The molecule has 0 aliphatic carbocycles. The Morgan fingerprint density at radius 3 is 1.09 bits per heavy atom. The number of carboxylic acid groups (broad SMARTS) is 2. The number of aliphatic hydroxyl groups excluding tert-OH is 2. The van der Waals surface area contributed by atoms with E-state index in [1.54, 1.807) is 13.8 Å². The van der Waals surface area contributed by atoms with Gasteiger partial charge in [0.05, 0.1) is 11.5 Å². The lowest BCUT2D eigenvalue weighted by Crippen LogP contribution is -1.92. The van der Waals surface area contributed by atoms with Crippen molar-refractivity contribution in [3.05, 3.63) is 23.7 Å². The standard InChI is InChI=1S/C6H10O2.C4H10O.2C2H4O2S/c1-3-5(7)6(8)4-2;1-3-5-4-2;2*3-2(4)1-5/h3-4,7-8H,1-2H3;3-4H2,1-2H3;2*5H,1H2,(H,3,4). The molecule has 0 radical (unpaired) electrons. The molecule has 0 amide bonds. The van der Waals surface area contributed by atoms with Crippen LogP contribution in [0.5, 0.6) is 0 Å². The third kappa shape index (κ3) is 44.9. The minimum absolute atomic E-state index is 0.0764. The van der Waals surface area contributed by atoms with Crippen LogP contribution in [0.2, 0.25) is 0 Å². The minimum Gasteiger partial charge on any atom is -0.504 e. The van der Waals surface area contributed by atoms with Gasteiger partial charge in [0.2, 0.25) is 0 Å². The zero-order valence-corrected chi connectivity index (χ0v) is 15.7. The van der Waals surface area contributed by atoms with Gasteiger partial charge in [0, 0.05) is 13.2 Å². The molecule has 0 unspecified atom stereocenters. The first-order valence-electron chi connectivity index (χ1n) is 6.62. The van der Waals surface area contributed by atoms with Crippen LogP contribution in [0.15, 0.2) is 23.7 Å². The molecule has 0 saturated heterocycles. The molecule has 0 aliphatic heterocycles. The summed E-state index contributed by atoms with van der Waals surface area (Å²) in [6, 6.07) is 0. The predicted molar refractivity (Wildman–Crippen MR) is 97.9 cm³/mol. The third-order valence-electron chi connectivity index (χ3n) is 1.49. The van der Waals surface area contributed by atoms with E-state index in [1.165, 1.54) is 12.2 Å². The van der Waals surface area contributed by atoms with Gasteiger partial charge in [-0.2, -0.15) is 25.3 Å². The molecule has 0 saturated carbocycles. The van der Waals surface area contributed by atoms with Crippen molar-refractivity contribution in [2.75, 3.05) is 24.7 Å². The average molecular weight is 373 g/mol. The van der Waals surface area contributed by atoms with Gasteiger partial charge in [-0.25, -0.2) is 0 Å². The number of rotatable bonds is 5. The molecule has 9 heteroatoms. The number of carbonyl (C=O) groups is 2. The molecule has 0 heterocycles. The first-order chi connectivity index (χ1) is 10.7. The first-order valence-corrected chi connectivity index (χ1v) is 7.88. The third-order valence-corrected chi connectivity index (χ3v) is 2.03. The lowest BCUT2D eigenvalue weighted by molar-refractivity contribution is -0.134. The van der Waals surface area contributed by atoms with Crippen molar-refractivity contribution in [3.8, 4) is 0 Å². The van der Waals surface area contributed by atoms with Crippen molar-refractivity contribution in [1.82, 2.24) is 0 Å². The van der Waals surface area contributed by atoms with Crippen molar-refractivity contribution in [2.45, 2.75) is 27.7 Å². The highest BCUT2D eigenvalue weighted by atomic mass is 32.1. The topological polar surface area (TPSA) is 124 Å². The second kappa shape index (κ2) is 25.6. The summed E-state index contributed by atoms with van der Waals surface area (Å²) in [5, 5.41) is 32.6. The Balaban J connectivity index is -0.000000108. The molecule has 7 nitrogen and oxygen atoms in total. The Labute approximate surface area is 148 Å². The van der Waals surface area contributed by atoms with E-state index < -0.39 is 11.9 Å². The van der Waals surface area contributed by atoms with Gasteiger partial charge >= 0.3 is 11.9 Å². The fourth-order valence-electron chi connectivity index (χ4n) is 0.500. The van der Waals surface area contributed by atoms with Crippen molar-refractivity contribution in [2.24, 2.45) is 0 Å². The summed E-state index contributed by atoms with van der Waals surface area (Å²) in [4.78, 5) is 18.6. The Kier molecular flexibility index (Phi) is 33.0. The van der Waals surface area contributed by atoms with Gasteiger partial charge in [-0.05, 0) is 39.8 Å². The largest absolute Gasteiger partial charge is 0.504 e. The predicted octanol–water partition coefficient (Wildman–Crippen LogP) is 2.95. The average Bonchev–Trinajstić information content (AvgIpc) is 2.55. The molecule has 4 N–H and O–H groups in total. The summed E-state index contributed by atoms with van der Waals surface area (Å²) in [7, 11) is 0. The summed E-state index contributed by atoms with van der Waals surface area (Å²) in [5.41, 5.74) is 0. The van der Waals surface area contributed by atoms with Gasteiger partial charge in [0.15, 0.2) is 11.5 Å². The minimum atomic E-state index is -0.881. The molecule has 23 heavy (non-hydrogen) atoms. The second-order valence-electron chi connectivity index (χ2n) is 3.23. The summed E-state index contributed by atoms with van der Waals surface area (Å²) in [6.45, 7) is 8.96. The SMILES string of the molecule is CC=C(O)C(O)=CC.CCOCC.O=C(O)CS.O=C(O)CS. The number of carboxylic acids is 2. The maximum atomic E-state index is 9.29. The molecule has 0 spiro atoms. The first kappa shape index (κ1) is 29.7. The molecule has 0 fully saturated rings. The Morgan fingerprint density at radius 2 is 1.04 bits per heavy atom. The maximum Gasteiger partial charge on any atom is 0.313 e. The van der Waals surface area contributed by atoms with E-state index in [4.69, 9.17) is 25.2 Å². The van der Waals surface area contributed by atoms with Gasteiger partial charge in [-0.1, -0.05) is 0 Å². The van der Waals surface area contributed by atoms with Crippen LogP contribution in [-0.4, -0.2) is 57.1 Å². The van der Waals surface area contributed by atoms with E-state index in [-0.39, 0.29) is 23.0 Å². The number of thiol groups is 2. The van der Waals surface area contributed by atoms with Crippen LogP contribution in [0.4, 0.5) is 0 Å². The molecule has 0 aromatic carbocycles. The number of ether oxygens (including phenoxy) is 1. The molecule has 0 aromatic heterocycles. The number of hydrogen-bond donors (Lipinski definition) is 6. The maximum absolute atomic E-state index is 9.29. The normalized spacial score (nSPS) is 10.0. The molecular weight excluding hydrogens is 344 g/mol. The van der Waals surface area contributed by atoms with Gasteiger partial charge in [0.25, 0.3) is 0 Å². The van der Waals surface area contributed by atoms with Crippen LogP contribution in [0, 0.1) is 0 Å². The van der Waals surface area contributed by atoms with Gasteiger partial charge in [-0.3, -0.25) is 9.59 Å². The highest BCUT2D eigenvalue weighted by Gasteiger charge is 1.92. The zero-order valence-electron chi connectivity index (χ0n) is 13.9. The van der Waals surface area contributed by atoms with E-state index in [1.807, 2.05) is 13.8 Å². The highest BCUT2D eigenvalue weighted by molar-refractivity contribution is 7.81. The molecular formula is C14H28O7S2. The lowest BCUT2D eigenvalue weighted by atomic mass is 10.4. The van der Waals surface area contributed by atoms with Crippen molar-refractivity contribution in [1.29, 1.82) is 0 Å². The number of allylic oxidation sites excluding steroid dienone is 2. The molecule has 0 aromatic rings. The van der Waals surface area contributed by atoms with Crippen molar-refractivity contribution >= 4 is 37.2 Å². The second-order valence-corrected chi connectivity index (χ2v) is 3.87. The summed E-state index contributed by atoms with van der Waals surface area (Å²) >= 11 is 6.83. The van der Waals surface area contributed by atoms with Crippen molar-refractivity contribution < 1.29 is 34.8 Å². The Hall–Kier alpha value is -1.32. The molecule has 0 atom stereocenters. The van der Waals surface area contributed by atoms with Crippen molar-refractivity contribution in [3.63, 3.8) is 0 Å². The van der Waals surface area contributed by atoms with E-state index in [0.717, 1.165) is 13.2 Å². The lowest BCUT2D eigenvalue weighted by Gasteiger charge is -1.92. The summed E-state index contributed by atoms with van der Waals surface area (Å²) < 4.78 is 4.83. The van der Waals surface area contributed by atoms with Crippen LogP contribution in [0.3, 0.4) is 0 Å². The molecule has 0 aliphatic rings. The summed E-state index contributed by atoms with van der Waals surface area (Å²) in [5.74, 6) is -2.08. The van der Waals surface area contributed by atoms with Crippen LogP contribution < -0.4 is 0 Å². The van der Waals surface area contributed by atoms with E-state index in [0.29, 0.717) is 0 Å². The number of aliphatic hydroxyl groups is 2. The summed E-state index contributed by atoms with van der Waals surface area (Å²) in [6.07, 6.45) is 2.85. The smallest absolute Gasteiger partial charge is 0.313 e. The van der Waals surface area contributed by atoms with Gasteiger partial charge in [0.1, 0.15) is 0 Å². The fourth-order valence-corrected chi connectivity index (χ4v) is 0.500. The fraction of sp³-hybridized carbons (Fsp3) is 0.571.